The van der Waals surface area contributed by atoms with Crippen LogP contribution in [0.15, 0.2) is 23.0 Å². The van der Waals surface area contributed by atoms with E-state index in [4.69, 9.17) is 0 Å². The number of aryl methyl sites for hydroxylation is 1. The van der Waals surface area contributed by atoms with Crippen LogP contribution in [0.5, 0.6) is 0 Å². The summed E-state index contributed by atoms with van der Waals surface area (Å²) in [6.45, 7) is 0.292. The maximum atomic E-state index is 11.2. The molecule has 1 N–H and O–H groups in total. The van der Waals surface area contributed by atoms with E-state index in [1.165, 1.54) is 11.7 Å². The van der Waals surface area contributed by atoms with Gasteiger partial charge in [0.05, 0.1) is 18.5 Å². The predicted molar refractivity (Wildman–Crippen MR) is 66.2 cm³/mol. The number of hydrogen-bond donors (Lipinski definition) is 1. The van der Waals surface area contributed by atoms with E-state index < -0.39 is 10.0 Å². The summed E-state index contributed by atoms with van der Waals surface area (Å²) in [6.07, 6.45) is 1.74. The molecule has 0 amide bonds. The average molecular weight is 272 g/mol. The Bertz CT molecular complexity index is 574. The molecule has 8 heteroatoms. The van der Waals surface area contributed by atoms with Crippen LogP contribution in [-0.2, 0) is 16.6 Å². The van der Waals surface area contributed by atoms with E-state index >= 15 is 0 Å². The highest BCUT2D eigenvalue weighted by molar-refractivity contribution is 7.89. The van der Waals surface area contributed by atoms with Gasteiger partial charge in [-0.3, -0.25) is 4.68 Å². The maximum Gasteiger partial charge on any atom is 0.213 e. The van der Waals surface area contributed by atoms with Gasteiger partial charge in [-0.1, -0.05) is 5.21 Å². The van der Waals surface area contributed by atoms with E-state index in [0.717, 1.165) is 11.3 Å². The number of thiophene rings is 1. The molecule has 0 bridgehead atoms. The molecule has 2 heterocycles. The molecule has 0 spiro atoms. The van der Waals surface area contributed by atoms with Crippen LogP contribution >= 0.6 is 11.3 Å². The average Bonchev–Trinajstić information content (AvgIpc) is 2.97. The molecule has 0 aliphatic heterocycles. The van der Waals surface area contributed by atoms with Crippen molar-refractivity contribution in [3.05, 3.63) is 23.0 Å². The van der Waals surface area contributed by atoms with E-state index in [1.807, 2.05) is 16.8 Å². The van der Waals surface area contributed by atoms with Crippen molar-refractivity contribution in [2.24, 2.45) is 0 Å². The third-order valence-electron chi connectivity index (χ3n) is 2.26. The summed E-state index contributed by atoms with van der Waals surface area (Å²) in [5.41, 5.74) is 1.76. The Morgan fingerprint density at radius 2 is 2.35 bits per heavy atom. The van der Waals surface area contributed by atoms with Gasteiger partial charge in [0.15, 0.2) is 0 Å². The molecule has 0 fully saturated rings. The molecule has 2 rings (SSSR count). The van der Waals surface area contributed by atoms with E-state index in [9.17, 15) is 8.42 Å². The molecule has 0 aliphatic rings. The first-order chi connectivity index (χ1) is 8.11. The molecule has 92 valence electrons. The standard InChI is InChI=1S/C9H12N4O2S2/c1-10-17(14,15)5-3-13-6-9(11-12-13)8-2-4-16-7-8/h2,4,6-7,10H,3,5H2,1H3. The monoisotopic (exact) mass is 272 g/mol. The van der Waals surface area contributed by atoms with E-state index in [-0.39, 0.29) is 5.75 Å². The van der Waals surface area contributed by atoms with Gasteiger partial charge in [-0.05, 0) is 18.5 Å². The van der Waals surface area contributed by atoms with Gasteiger partial charge in [0.1, 0.15) is 5.69 Å². The van der Waals surface area contributed by atoms with Gasteiger partial charge < -0.3 is 0 Å². The molecule has 2 aromatic rings. The third kappa shape index (κ3) is 3.11. The number of hydrogen-bond acceptors (Lipinski definition) is 5. The van der Waals surface area contributed by atoms with Crippen molar-refractivity contribution in [2.75, 3.05) is 12.8 Å². The Kier molecular flexibility index (Phi) is 3.55. The van der Waals surface area contributed by atoms with Crippen LogP contribution in [0.1, 0.15) is 0 Å². The molecule has 0 unspecified atom stereocenters. The molecule has 0 aliphatic carbocycles. The summed E-state index contributed by atoms with van der Waals surface area (Å²) >= 11 is 1.58. The highest BCUT2D eigenvalue weighted by atomic mass is 32.2. The van der Waals surface area contributed by atoms with Gasteiger partial charge in [0, 0.05) is 10.9 Å². The Morgan fingerprint density at radius 3 is 3.00 bits per heavy atom. The molecule has 6 nitrogen and oxygen atoms in total. The topological polar surface area (TPSA) is 76.9 Å². The number of nitrogens with one attached hydrogen (secondary N) is 1. The van der Waals surface area contributed by atoms with Crippen molar-refractivity contribution in [1.82, 2.24) is 19.7 Å². The van der Waals surface area contributed by atoms with Gasteiger partial charge in [-0.15, -0.1) is 5.10 Å². The van der Waals surface area contributed by atoms with E-state index in [2.05, 4.69) is 15.0 Å². The summed E-state index contributed by atoms with van der Waals surface area (Å²) in [7, 11) is -1.80. The van der Waals surface area contributed by atoms with E-state index in [1.54, 1.807) is 17.5 Å². The quantitative estimate of drug-likeness (QED) is 0.862. The number of aromatic nitrogens is 3. The Morgan fingerprint density at radius 1 is 1.53 bits per heavy atom. The van der Waals surface area contributed by atoms with Crippen LogP contribution in [0.2, 0.25) is 0 Å². The molecular formula is C9H12N4O2S2. The van der Waals surface area contributed by atoms with Crippen LogP contribution in [0.4, 0.5) is 0 Å². The largest absolute Gasteiger partial charge is 0.251 e. The highest BCUT2D eigenvalue weighted by Crippen LogP contribution is 2.18. The molecule has 0 atom stereocenters. The summed E-state index contributed by atoms with van der Waals surface area (Å²) in [5, 5.41) is 11.8. The Labute approximate surface area is 103 Å². The fourth-order valence-corrected chi connectivity index (χ4v) is 2.55. The normalized spacial score (nSPS) is 11.8. The molecule has 0 aromatic carbocycles. The fourth-order valence-electron chi connectivity index (χ4n) is 1.27. The highest BCUT2D eigenvalue weighted by Gasteiger charge is 2.09. The SMILES string of the molecule is CNS(=O)(=O)CCn1cc(-c2ccsc2)nn1. The first kappa shape index (κ1) is 12.2. The smallest absolute Gasteiger partial charge is 0.213 e. The van der Waals surface area contributed by atoms with Crippen molar-refractivity contribution >= 4 is 21.4 Å². The van der Waals surface area contributed by atoms with Crippen LogP contribution < -0.4 is 4.72 Å². The minimum Gasteiger partial charge on any atom is -0.251 e. The van der Waals surface area contributed by atoms with Gasteiger partial charge in [0.2, 0.25) is 10.0 Å². The second kappa shape index (κ2) is 4.94. The van der Waals surface area contributed by atoms with Crippen molar-refractivity contribution < 1.29 is 8.42 Å². The molecule has 0 radical (unpaired) electrons. The first-order valence-electron chi connectivity index (χ1n) is 4.94. The maximum absolute atomic E-state index is 11.2. The molecule has 17 heavy (non-hydrogen) atoms. The second-order valence-corrected chi connectivity index (χ2v) is 6.23. The second-order valence-electron chi connectivity index (χ2n) is 3.40. The summed E-state index contributed by atoms with van der Waals surface area (Å²) < 4.78 is 26.3. The third-order valence-corrected chi connectivity index (χ3v) is 4.28. The van der Waals surface area contributed by atoms with Crippen molar-refractivity contribution in [1.29, 1.82) is 0 Å². The van der Waals surface area contributed by atoms with Crippen molar-refractivity contribution in [3.8, 4) is 11.3 Å². The lowest BCUT2D eigenvalue weighted by atomic mass is 10.3. The van der Waals surface area contributed by atoms with Crippen molar-refractivity contribution in [3.63, 3.8) is 0 Å². The summed E-state index contributed by atoms with van der Waals surface area (Å²) in [4.78, 5) is 0. The summed E-state index contributed by atoms with van der Waals surface area (Å²) in [6, 6.07) is 1.95. The van der Waals surface area contributed by atoms with E-state index in [0.29, 0.717) is 6.54 Å². The first-order valence-corrected chi connectivity index (χ1v) is 7.54. The van der Waals surface area contributed by atoms with Gasteiger partial charge in [-0.25, -0.2) is 13.1 Å². The zero-order valence-corrected chi connectivity index (χ0v) is 10.8. The van der Waals surface area contributed by atoms with Crippen LogP contribution in [0, 0.1) is 0 Å². The van der Waals surface area contributed by atoms with Gasteiger partial charge in [-0.2, -0.15) is 11.3 Å². The fraction of sp³-hybridized carbons (Fsp3) is 0.333. The lowest BCUT2D eigenvalue weighted by Crippen LogP contribution is -2.24. The number of nitrogens with zero attached hydrogens (tertiary/aromatic N) is 3. The van der Waals surface area contributed by atoms with Crippen molar-refractivity contribution in [2.45, 2.75) is 6.54 Å². The molecular weight excluding hydrogens is 260 g/mol. The Hall–Kier alpha value is -1.25. The molecule has 0 saturated carbocycles. The van der Waals surface area contributed by atoms with Gasteiger partial charge >= 0.3 is 0 Å². The number of rotatable bonds is 5. The minimum atomic E-state index is -3.20. The summed E-state index contributed by atoms with van der Waals surface area (Å²) in [5.74, 6) is -0.00403. The lowest BCUT2D eigenvalue weighted by molar-refractivity contribution is 0.568. The zero-order valence-electron chi connectivity index (χ0n) is 9.20. The molecule has 0 saturated heterocycles. The van der Waals surface area contributed by atoms with Crippen LogP contribution in [0.3, 0.4) is 0 Å². The number of sulfonamides is 1. The minimum absolute atomic E-state index is 0.00403. The zero-order chi connectivity index (χ0) is 12.3. The van der Waals surface area contributed by atoms with Crippen LogP contribution in [0.25, 0.3) is 11.3 Å². The lowest BCUT2D eigenvalue weighted by Gasteiger charge is -2.01. The van der Waals surface area contributed by atoms with Gasteiger partial charge in [0.25, 0.3) is 0 Å². The molecule has 2 aromatic heterocycles. The Balaban J connectivity index is 2.05. The van der Waals surface area contributed by atoms with Crippen LogP contribution in [-0.4, -0.2) is 36.2 Å². The predicted octanol–water partition coefficient (Wildman–Crippen LogP) is 0.556.